The molecule has 3 heterocycles. The van der Waals surface area contributed by atoms with Crippen molar-refractivity contribution in [3.05, 3.63) is 101 Å². The maximum absolute atomic E-state index is 14.9. The second-order valence-electron chi connectivity index (χ2n) is 15.9. The first-order chi connectivity index (χ1) is 24.1. The van der Waals surface area contributed by atoms with Crippen LogP contribution in [0.1, 0.15) is 53.5 Å². The molecule has 2 saturated heterocycles. The first kappa shape index (κ1) is 36.5. The average molecular weight is 706 g/mol. The van der Waals surface area contributed by atoms with Crippen LogP contribution in [0.3, 0.4) is 0 Å². The molecule has 0 saturated carbocycles. The van der Waals surface area contributed by atoms with E-state index in [1.165, 1.54) is 27.7 Å². The summed E-state index contributed by atoms with van der Waals surface area (Å²) in [5.74, 6) is -0.612. The van der Waals surface area contributed by atoms with E-state index >= 15 is 0 Å². The highest BCUT2D eigenvalue weighted by Gasteiger charge is 2.47. The van der Waals surface area contributed by atoms with Crippen LogP contribution in [0.5, 0.6) is 5.75 Å². The molecule has 6 rings (SSSR count). The molecule has 2 aliphatic rings. The highest BCUT2D eigenvalue weighted by molar-refractivity contribution is 5.54. The maximum atomic E-state index is 14.9. The van der Waals surface area contributed by atoms with Crippen LogP contribution in [0.25, 0.3) is 5.69 Å². The van der Waals surface area contributed by atoms with Crippen LogP contribution in [0.4, 0.5) is 20.2 Å². The van der Waals surface area contributed by atoms with E-state index in [2.05, 4.69) is 14.9 Å². The Balaban J connectivity index is 1.01. The molecule has 2 fully saturated rings. The number of aliphatic hydroxyl groups is 1. The van der Waals surface area contributed by atoms with Crippen LogP contribution in [-0.4, -0.2) is 71.2 Å². The molecule has 2 aliphatic heterocycles. The Hall–Kier alpha value is -4.26. The lowest BCUT2D eigenvalue weighted by atomic mass is 9.78. The normalized spacial score (nSPS) is 20.5. The number of aromatic nitrogens is 3. The van der Waals surface area contributed by atoms with Gasteiger partial charge < -0.3 is 29.1 Å². The van der Waals surface area contributed by atoms with Crippen LogP contribution < -0.4 is 20.2 Å². The van der Waals surface area contributed by atoms with Gasteiger partial charge >= 0.3 is 5.69 Å². The van der Waals surface area contributed by atoms with Crippen molar-refractivity contribution in [1.82, 2.24) is 14.3 Å². The monoisotopic (exact) mass is 705 g/mol. The van der Waals surface area contributed by atoms with Crippen molar-refractivity contribution in [3.8, 4) is 11.4 Å². The standard InChI is InChI=1S/C39H49F2N5O5/c1-37(2,3)24-39(32-16-7-27(40)21-33(32)41)25-50-35(51-39)23-49-31-14-12-29(13-15-31)44-19-17-43(18-20-44)28-8-10-30(11-9-28)45-26-42-46(36(45)48)22-34(47)38(4,5)6/h7-16,21,26,34-35,47H,17-20,22-25H2,1-6H3/t34?,35-,39+/m1/s1. The second-order valence-corrected chi connectivity index (χ2v) is 15.9. The van der Waals surface area contributed by atoms with E-state index in [1.807, 2.05) is 90.1 Å². The lowest BCUT2D eigenvalue weighted by Gasteiger charge is -2.37. The van der Waals surface area contributed by atoms with Gasteiger partial charge in [-0.3, -0.25) is 0 Å². The van der Waals surface area contributed by atoms with Crippen LogP contribution in [0.2, 0.25) is 0 Å². The topological polar surface area (TPSA) is 94.2 Å². The fourth-order valence-corrected chi connectivity index (χ4v) is 6.72. The number of aliphatic hydroxyl groups excluding tert-OH is 1. The van der Waals surface area contributed by atoms with Gasteiger partial charge in [0.2, 0.25) is 0 Å². The molecule has 0 radical (unpaired) electrons. The fourth-order valence-electron chi connectivity index (χ4n) is 6.72. The minimum atomic E-state index is -1.04. The summed E-state index contributed by atoms with van der Waals surface area (Å²) in [7, 11) is 0. The van der Waals surface area contributed by atoms with Gasteiger partial charge in [0, 0.05) is 49.2 Å². The van der Waals surface area contributed by atoms with E-state index in [0.29, 0.717) is 12.2 Å². The summed E-state index contributed by atoms with van der Waals surface area (Å²) < 4.78 is 49.7. The van der Waals surface area contributed by atoms with Crippen molar-refractivity contribution in [2.75, 3.05) is 49.2 Å². The molecule has 0 amide bonds. The number of nitrogens with zero attached hydrogens (tertiary/aromatic N) is 5. The molecule has 4 aromatic rings. The number of ether oxygens (including phenoxy) is 3. The van der Waals surface area contributed by atoms with Gasteiger partial charge in [-0.2, -0.15) is 5.10 Å². The van der Waals surface area contributed by atoms with Crippen LogP contribution >= 0.6 is 0 Å². The number of hydrogen-bond donors (Lipinski definition) is 1. The largest absolute Gasteiger partial charge is 0.488 e. The molecule has 1 unspecified atom stereocenters. The maximum Gasteiger partial charge on any atom is 0.350 e. The van der Waals surface area contributed by atoms with Gasteiger partial charge in [-0.25, -0.2) is 22.8 Å². The summed E-state index contributed by atoms with van der Waals surface area (Å²) in [6.07, 6.45) is 0.590. The van der Waals surface area contributed by atoms with Gasteiger partial charge in [-0.05, 0) is 71.8 Å². The highest BCUT2D eigenvalue weighted by atomic mass is 19.1. The third-order valence-electron chi connectivity index (χ3n) is 9.54. The summed E-state index contributed by atoms with van der Waals surface area (Å²) in [4.78, 5) is 17.6. The van der Waals surface area contributed by atoms with Crippen LogP contribution in [-0.2, 0) is 21.6 Å². The van der Waals surface area contributed by atoms with Crippen molar-refractivity contribution in [2.24, 2.45) is 10.8 Å². The van der Waals surface area contributed by atoms with Gasteiger partial charge in [0.15, 0.2) is 6.29 Å². The van der Waals surface area contributed by atoms with Crippen molar-refractivity contribution in [3.63, 3.8) is 0 Å². The Kier molecular flexibility index (Phi) is 10.3. The molecular weight excluding hydrogens is 656 g/mol. The molecule has 0 bridgehead atoms. The Labute approximate surface area is 298 Å². The summed E-state index contributed by atoms with van der Waals surface area (Å²) in [5, 5.41) is 14.6. The van der Waals surface area contributed by atoms with Crippen LogP contribution in [0.15, 0.2) is 77.9 Å². The average Bonchev–Trinajstić information content (AvgIpc) is 3.65. The molecule has 1 N–H and O–H groups in total. The quantitative estimate of drug-likeness (QED) is 0.211. The van der Waals surface area contributed by atoms with E-state index in [4.69, 9.17) is 14.2 Å². The Morgan fingerprint density at radius 2 is 1.49 bits per heavy atom. The number of benzene rings is 3. The third kappa shape index (κ3) is 8.45. The highest BCUT2D eigenvalue weighted by Crippen LogP contribution is 2.44. The number of halogens is 2. The number of rotatable bonds is 10. The molecule has 274 valence electrons. The smallest absolute Gasteiger partial charge is 0.350 e. The van der Waals surface area contributed by atoms with E-state index in [1.54, 1.807) is 0 Å². The summed E-state index contributed by atoms with van der Waals surface area (Å²) in [5.41, 5.74) is 1.30. The predicted octanol–water partition coefficient (Wildman–Crippen LogP) is 6.13. The van der Waals surface area contributed by atoms with E-state index < -0.39 is 29.6 Å². The Morgan fingerprint density at radius 3 is 2.06 bits per heavy atom. The van der Waals surface area contributed by atoms with Crippen LogP contribution in [0, 0.1) is 22.5 Å². The molecular formula is C39H49F2N5O5. The van der Waals surface area contributed by atoms with Gasteiger partial charge in [-0.1, -0.05) is 47.6 Å². The Bertz CT molecular complexity index is 1840. The van der Waals surface area contributed by atoms with Gasteiger partial charge in [0.1, 0.15) is 35.9 Å². The SMILES string of the molecule is CC(C)(C)C[C@@]1(c2ccc(F)cc2F)CO[C@@H](COc2ccc(N3CCN(c4ccc(-n5cnn(CC(O)C(C)(C)C)c5=O)cc4)CC3)cc2)O1. The van der Waals surface area contributed by atoms with E-state index in [-0.39, 0.29) is 41.8 Å². The zero-order chi connectivity index (χ0) is 36.6. The number of anilines is 2. The lowest BCUT2D eigenvalue weighted by Crippen LogP contribution is -2.46. The first-order valence-electron chi connectivity index (χ1n) is 17.5. The first-order valence-corrected chi connectivity index (χ1v) is 17.5. The molecule has 51 heavy (non-hydrogen) atoms. The minimum absolute atomic E-state index is 0.128. The van der Waals surface area contributed by atoms with Gasteiger partial charge in [0.25, 0.3) is 0 Å². The van der Waals surface area contributed by atoms with Gasteiger partial charge in [0.05, 0.1) is 24.9 Å². The molecule has 0 spiro atoms. The molecule has 1 aromatic heterocycles. The fraction of sp³-hybridized carbons (Fsp3) is 0.487. The summed E-state index contributed by atoms with van der Waals surface area (Å²) >= 11 is 0. The molecule has 12 heteroatoms. The molecule has 3 atom stereocenters. The van der Waals surface area contributed by atoms with Gasteiger partial charge in [-0.15, -0.1) is 0 Å². The predicted molar refractivity (Wildman–Crippen MR) is 193 cm³/mol. The lowest BCUT2D eigenvalue weighted by molar-refractivity contribution is -0.120. The third-order valence-corrected chi connectivity index (χ3v) is 9.54. The Morgan fingerprint density at radius 1 is 0.902 bits per heavy atom. The van der Waals surface area contributed by atoms with E-state index in [9.17, 15) is 18.7 Å². The van der Waals surface area contributed by atoms with Crippen molar-refractivity contribution in [2.45, 2.75) is 72.5 Å². The zero-order valence-corrected chi connectivity index (χ0v) is 30.3. The molecule has 10 nitrogen and oxygen atoms in total. The number of piperazine rings is 1. The summed E-state index contributed by atoms with van der Waals surface area (Å²) in [6, 6.07) is 19.4. The zero-order valence-electron chi connectivity index (χ0n) is 30.3. The molecule has 3 aromatic carbocycles. The number of hydrogen-bond acceptors (Lipinski definition) is 8. The van der Waals surface area contributed by atoms with Crippen molar-refractivity contribution < 1.29 is 28.1 Å². The minimum Gasteiger partial charge on any atom is -0.488 e. The molecule has 0 aliphatic carbocycles. The summed E-state index contributed by atoms with van der Waals surface area (Å²) in [6.45, 7) is 15.7. The van der Waals surface area contributed by atoms with Crippen molar-refractivity contribution >= 4 is 11.4 Å². The van der Waals surface area contributed by atoms with E-state index in [0.717, 1.165) is 49.3 Å². The second kappa shape index (κ2) is 14.4. The van der Waals surface area contributed by atoms with Crippen molar-refractivity contribution in [1.29, 1.82) is 0 Å².